The Morgan fingerprint density at radius 2 is 2.00 bits per heavy atom. The summed E-state index contributed by atoms with van der Waals surface area (Å²) in [6.45, 7) is 0.442. The SMILES string of the molecule is N#Cc1nnc2ccccc2c1NCC1(O)CCCC1. The van der Waals surface area contributed by atoms with Crippen molar-refractivity contribution in [1.82, 2.24) is 10.2 Å². The second-order valence-electron chi connectivity index (χ2n) is 5.34. The minimum absolute atomic E-state index is 0.269. The third kappa shape index (κ3) is 2.30. The summed E-state index contributed by atoms with van der Waals surface area (Å²) in [5.41, 5.74) is 1.01. The first-order valence-electron chi connectivity index (χ1n) is 6.84. The normalized spacial score (nSPS) is 17.0. The van der Waals surface area contributed by atoms with Crippen molar-refractivity contribution in [2.45, 2.75) is 31.3 Å². The van der Waals surface area contributed by atoms with Gasteiger partial charge in [-0.1, -0.05) is 31.0 Å². The molecule has 0 aliphatic heterocycles. The Labute approximate surface area is 117 Å². The molecule has 5 heteroatoms. The average molecular weight is 268 g/mol. The lowest BCUT2D eigenvalue weighted by Crippen LogP contribution is -2.33. The van der Waals surface area contributed by atoms with Crippen LogP contribution in [0.15, 0.2) is 24.3 Å². The van der Waals surface area contributed by atoms with Gasteiger partial charge in [0.1, 0.15) is 6.07 Å². The molecule has 20 heavy (non-hydrogen) atoms. The van der Waals surface area contributed by atoms with Gasteiger partial charge in [-0.25, -0.2) is 0 Å². The number of fused-ring (bicyclic) bond motifs is 1. The number of nitriles is 1. The molecule has 1 aliphatic rings. The molecule has 0 saturated heterocycles. The predicted molar refractivity (Wildman–Crippen MR) is 76.2 cm³/mol. The van der Waals surface area contributed by atoms with Crippen molar-refractivity contribution in [1.29, 1.82) is 5.26 Å². The number of nitrogens with zero attached hydrogens (tertiary/aromatic N) is 3. The highest BCUT2D eigenvalue weighted by molar-refractivity contribution is 5.92. The highest BCUT2D eigenvalue weighted by Crippen LogP contribution is 2.31. The van der Waals surface area contributed by atoms with Gasteiger partial charge in [0, 0.05) is 11.9 Å². The van der Waals surface area contributed by atoms with Crippen LogP contribution in [0.4, 0.5) is 5.69 Å². The van der Waals surface area contributed by atoms with Gasteiger partial charge >= 0.3 is 0 Å². The van der Waals surface area contributed by atoms with E-state index in [2.05, 4.69) is 21.6 Å². The summed E-state index contributed by atoms with van der Waals surface area (Å²) in [6.07, 6.45) is 3.72. The minimum atomic E-state index is -0.670. The number of aromatic nitrogens is 2. The second kappa shape index (κ2) is 5.06. The molecule has 0 radical (unpaired) electrons. The Kier molecular flexibility index (Phi) is 3.25. The Morgan fingerprint density at radius 3 is 2.75 bits per heavy atom. The van der Waals surface area contributed by atoms with Crippen molar-refractivity contribution in [2.75, 3.05) is 11.9 Å². The molecule has 1 aromatic carbocycles. The largest absolute Gasteiger partial charge is 0.388 e. The van der Waals surface area contributed by atoms with Crippen LogP contribution in [0, 0.1) is 11.3 Å². The quantitative estimate of drug-likeness (QED) is 0.892. The maximum atomic E-state index is 10.4. The highest BCUT2D eigenvalue weighted by Gasteiger charge is 2.31. The number of aliphatic hydroxyl groups is 1. The van der Waals surface area contributed by atoms with Crippen LogP contribution in [0.3, 0.4) is 0 Å². The van der Waals surface area contributed by atoms with Gasteiger partial charge in [0.15, 0.2) is 5.69 Å². The lowest BCUT2D eigenvalue weighted by atomic mass is 10.0. The molecule has 102 valence electrons. The summed E-state index contributed by atoms with van der Waals surface area (Å²) in [7, 11) is 0. The molecule has 3 rings (SSSR count). The second-order valence-corrected chi connectivity index (χ2v) is 5.34. The lowest BCUT2D eigenvalue weighted by Gasteiger charge is -2.23. The molecule has 1 saturated carbocycles. The molecule has 5 nitrogen and oxygen atoms in total. The maximum Gasteiger partial charge on any atom is 0.186 e. The summed E-state index contributed by atoms with van der Waals surface area (Å²) in [5.74, 6) is 0. The molecular formula is C15H16N4O. The van der Waals surface area contributed by atoms with Crippen molar-refractivity contribution < 1.29 is 5.11 Å². The molecule has 1 aromatic heterocycles. The van der Waals surface area contributed by atoms with E-state index in [4.69, 9.17) is 0 Å². The zero-order valence-electron chi connectivity index (χ0n) is 11.1. The van der Waals surface area contributed by atoms with E-state index in [1.165, 1.54) is 0 Å². The van der Waals surface area contributed by atoms with Gasteiger partial charge in [0.05, 0.1) is 16.8 Å². The summed E-state index contributed by atoms with van der Waals surface area (Å²) >= 11 is 0. The van der Waals surface area contributed by atoms with E-state index in [-0.39, 0.29) is 5.69 Å². The van der Waals surface area contributed by atoms with Gasteiger partial charge in [-0.15, -0.1) is 10.2 Å². The number of rotatable bonds is 3. The van der Waals surface area contributed by atoms with Gasteiger partial charge in [0.25, 0.3) is 0 Å². The molecule has 0 spiro atoms. The number of hydrogen-bond acceptors (Lipinski definition) is 5. The van der Waals surface area contributed by atoms with Crippen LogP contribution < -0.4 is 5.32 Å². The van der Waals surface area contributed by atoms with Crippen LogP contribution in [0.5, 0.6) is 0 Å². The molecule has 2 aromatic rings. The lowest BCUT2D eigenvalue weighted by molar-refractivity contribution is 0.0615. The van der Waals surface area contributed by atoms with E-state index in [1.807, 2.05) is 24.3 Å². The van der Waals surface area contributed by atoms with Gasteiger partial charge in [-0.05, 0) is 18.9 Å². The fraction of sp³-hybridized carbons (Fsp3) is 0.400. The van der Waals surface area contributed by atoms with Crippen molar-refractivity contribution in [3.05, 3.63) is 30.0 Å². The topological polar surface area (TPSA) is 81.8 Å². The molecule has 1 fully saturated rings. The zero-order chi connectivity index (χ0) is 14.0. The van der Waals surface area contributed by atoms with Crippen LogP contribution in [0.2, 0.25) is 0 Å². The first-order valence-corrected chi connectivity index (χ1v) is 6.84. The summed E-state index contributed by atoms with van der Waals surface area (Å²) in [4.78, 5) is 0. The van der Waals surface area contributed by atoms with E-state index in [0.29, 0.717) is 12.2 Å². The van der Waals surface area contributed by atoms with Crippen molar-refractivity contribution >= 4 is 16.6 Å². The summed E-state index contributed by atoms with van der Waals surface area (Å²) in [6, 6.07) is 9.62. The maximum absolute atomic E-state index is 10.4. The van der Waals surface area contributed by atoms with Gasteiger partial charge in [-0.2, -0.15) is 5.26 Å². The Hall–Kier alpha value is -2.19. The number of nitrogens with one attached hydrogen (secondary N) is 1. The number of benzene rings is 1. The van der Waals surface area contributed by atoms with Crippen molar-refractivity contribution in [2.24, 2.45) is 0 Å². The molecule has 1 aliphatic carbocycles. The van der Waals surface area contributed by atoms with Crippen LogP contribution in [-0.2, 0) is 0 Å². The standard InChI is InChI=1S/C15H16N4O/c16-9-13-14(17-10-15(20)7-3-4-8-15)11-5-1-2-6-12(11)18-19-13/h1-2,5-6,20H,3-4,7-8,10H2,(H,17,18). The summed E-state index contributed by atoms with van der Waals surface area (Å²) < 4.78 is 0. The number of hydrogen-bond donors (Lipinski definition) is 2. The van der Waals surface area contributed by atoms with Crippen molar-refractivity contribution in [3.63, 3.8) is 0 Å². The van der Waals surface area contributed by atoms with E-state index in [1.54, 1.807) is 0 Å². The highest BCUT2D eigenvalue weighted by atomic mass is 16.3. The summed E-state index contributed by atoms with van der Waals surface area (Å²) in [5, 5.41) is 31.6. The van der Waals surface area contributed by atoms with Crippen LogP contribution in [-0.4, -0.2) is 27.4 Å². The zero-order valence-corrected chi connectivity index (χ0v) is 11.1. The predicted octanol–water partition coefficient (Wildman–Crippen LogP) is 2.22. The first kappa shape index (κ1) is 12.8. The van der Waals surface area contributed by atoms with E-state index in [0.717, 1.165) is 36.6 Å². The molecular weight excluding hydrogens is 252 g/mol. The van der Waals surface area contributed by atoms with Crippen LogP contribution >= 0.6 is 0 Å². The molecule has 0 unspecified atom stereocenters. The Bertz CT molecular complexity index is 671. The Morgan fingerprint density at radius 1 is 1.25 bits per heavy atom. The van der Waals surface area contributed by atoms with Crippen LogP contribution in [0.1, 0.15) is 31.4 Å². The molecule has 0 atom stereocenters. The van der Waals surface area contributed by atoms with Crippen molar-refractivity contribution in [3.8, 4) is 6.07 Å². The first-order chi connectivity index (χ1) is 9.72. The third-order valence-electron chi connectivity index (χ3n) is 3.90. The average Bonchev–Trinajstić information content (AvgIpc) is 2.91. The van der Waals surface area contributed by atoms with Crippen LogP contribution in [0.25, 0.3) is 10.9 Å². The van der Waals surface area contributed by atoms with Gasteiger partial charge in [-0.3, -0.25) is 0 Å². The van der Waals surface area contributed by atoms with Gasteiger partial charge in [0.2, 0.25) is 0 Å². The third-order valence-corrected chi connectivity index (χ3v) is 3.90. The molecule has 2 N–H and O–H groups in total. The molecule has 0 amide bonds. The molecule has 1 heterocycles. The molecule has 0 bridgehead atoms. The monoisotopic (exact) mass is 268 g/mol. The van der Waals surface area contributed by atoms with E-state index >= 15 is 0 Å². The van der Waals surface area contributed by atoms with E-state index < -0.39 is 5.60 Å². The fourth-order valence-corrected chi connectivity index (χ4v) is 2.77. The van der Waals surface area contributed by atoms with E-state index in [9.17, 15) is 10.4 Å². The Balaban J connectivity index is 1.95. The minimum Gasteiger partial charge on any atom is -0.388 e. The smallest absolute Gasteiger partial charge is 0.186 e. The van der Waals surface area contributed by atoms with Gasteiger partial charge < -0.3 is 10.4 Å². The number of anilines is 1. The fourth-order valence-electron chi connectivity index (χ4n) is 2.77.